The largest absolute Gasteiger partial charge is 0.478 e. The lowest BCUT2D eigenvalue weighted by molar-refractivity contribution is 0.0693. The number of hydrogen-bond donors (Lipinski definition) is 1. The lowest BCUT2D eigenvalue weighted by Gasteiger charge is -2.08. The van der Waals surface area contributed by atoms with Gasteiger partial charge in [0.2, 0.25) is 0 Å². The van der Waals surface area contributed by atoms with Crippen LogP contribution in [0.2, 0.25) is 0 Å². The molecular formula is C13H14BrN3O3S. The summed E-state index contributed by atoms with van der Waals surface area (Å²) in [6.07, 6.45) is 2.31. The van der Waals surface area contributed by atoms with E-state index in [1.807, 2.05) is 6.92 Å². The molecule has 8 heteroatoms. The lowest BCUT2D eigenvalue weighted by Crippen LogP contribution is -2.11. The van der Waals surface area contributed by atoms with Crippen molar-refractivity contribution < 1.29 is 14.1 Å². The van der Waals surface area contributed by atoms with E-state index in [-0.39, 0.29) is 16.2 Å². The summed E-state index contributed by atoms with van der Waals surface area (Å²) in [5.41, 5.74) is 0.0399. The lowest BCUT2D eigenvalue weighted by atomic mass is 10.2. The van der Waals surface area contributed by atoms with Crippen molar-refractivity contribution in [3.63, 3.8) is 0 Å². The fourth-order valence-corrected chi connectivity index (χ4v) is 3.64. The van der Waals surface area contributed by atoms with Gasteiger partial charge in [0, 0.05) is 11.0 Å². The fourth-order valence-electron chi connectivity index (χ4n) is 1.85. The summed E-state index contributed by atoms with van der Waals surface area (Å²) in [5.74, 6) is -0.371. The van der Waals surface area contributed by atoms with Crippen LogP contribution in [0.25, 0.3) is 0 Å². The molecule has 0 aliphatic heterocycles. The number of aryl methyl sites for hydroxylation is 1. The number of halogens is 1. The molecule has 1 atom stereocenters. The Labute approximate surface area is 132 Å². The number of carboxylic acid groups (broad SMARTS) is 1. The summed E-state index contributed by atoms with van der Waals surface area (Å²) in [7, 11) is -1.50. The molecule has 0 aliphatic rings. The number of aromatic nitrogens is 3. The van der Waals surface area contributed by atoms with Gasteiger partial charge in [0.25, 0.3) is 0 Å². The molecule has 6 nitrogen and oxygen atoms in total. The second-order valence-corrected chi connectivity index (χ2v) is 6.67. The third kappa shape index (κ3) is 3.76. The van der Waals surface area contributed by atoms with E-state index < -0.39 is 16.8 Å². The smallest absolute Gasteiger partial charge is 0.336 e. The van der Waals surface area contributed by atoms with Gasteiger partial charge in [-0.15, -0.1) is 0 Å². The van der Waals surface area contributed by atoms with E-state index in [2.05, 4.69) is 26.0 Å². The van der Waals surface area contributed by atoms with Gasteiger partial charge in [-0.05, 0) is 24.6 Å². The highest BCUT2D eigenvalue weighted by atomic mass is 79.9. The predicted molar refractivity (Wildman–Crippen MR) is 81.5 cm³/mol. The SMILES string of the molecule is CCCn1ncnc1CS(=O)c1cc(Br)ccc1C(=O)O. The highest BCUT2D eigenvalue weighted by Gasteiger charge is 2.18. The Morgan fingerprint density at radius 2 is 2.24 bits per heavy atom. The molecule has 1 aromatic heterocycles. The van der Waals surface area contributed by atoms with Crippen LogP contribution in [0.4, 0.5) is 0 Å². The van der Waals surface area contributed by atoms with Crippen molar-refractivity contribution in [2.24, 2.45) is 0 Å². The van der Waals surface area contributed by atoms with Crippen LogP contribution < -0.4 is 0 Å². The molecule has 1 unspecified atom stereocenters. The third-order valence-corrected chi connectivity index (χ3v) is 4.65. The van der Waals surface area contributed by atoms with Gasteiger partial charge in [0.15, 0.2) is 0 Å². The molecule has 0 saturated carbocycles. The van der Waals surface area contributed by atoms with E-state index in [0.717, 1.165) is 6.42 Å². The molecule has 1 aromatic carbocycles. The van der Waals surface area contributed by atoms with Gasteiger partial charge in [0.05, 0.1) is 27.0 Å². The minimum atomic E-state index is -1.50. The van der Waals surface area contributed by atoms with Gasteiger partial charge in [-0.1, -0.05) is 22.9 Å². The number of hydrogen-bond acceptors (Lipinski definition) is 4. The minimum Gasteiger partial charge on any atom is -0.478 e. The quantitative estimate of drug-likeness (QED) is 0.842. The molecule has 2 aromatic rings. The van der Waals surface area contributed by atoms with E-state index in [1.54, 1.807) is 16.8 Å². The van der Waals surface area contributed by atoms with Crippen molar-refractivity contribution in [1.29, 1.82) is 0 Å². The second kappa shape index (κ2) is 6.95. The number of benzene rings is 1. The second-order valence-electron chi connectivity index (χ2n) is 4.33. The Kier molecular flexibility index (Phi) is 5.24. The van der Waals surface area contributed by atoms with E-state index in [9.17, 15) is 14.1 Å². The Morgan fingerprint density at radius 3 is 2.90 bits per heavy atom. The fraction of sp³-hybridized carbons (Fsp3) is 0.308. The molecule has 2 rings (SSSR count). The zero-order valence-electron chi connectivity index (χ0n) is 11.3. The third-order valence-electron chi connectivity index (χ3n) is 2.81. The van der Waals surface area contributed by atoms with Crippen molar-refractivity contribution in [1.82, 2.24) is 14.8 Å². The molecule has 0 spiro atoms. The van der Waals surface area contributed by atoms with Crippen LogP contribution in [0.15, 0.2) is 33.9 Å². The molecule has 21 heavy (non-hydrogen) atoms. The number of carbonyl (C=O) groups is 1. The predicted octanol–water partition coefficient (Wildman–Crippen LogP) is 2.46. The molecule has 1 N–H and O–H groups in total. The van der Waals surface area contributed by atoms with Crippen LogP contribution in [0.5, 0.6) is 0 Å². The molecule has 0 amide bonds. The highest BCUT2D eigenvalue weighted by Crippen LogP contribution is 2.22. The van der Waals surface area contributed by atoms with E-state index >= 15 is 0 Å². The van der Waals surface area contributed by atoms with Crippen LogP contribution in [-0.4, -0.2) is 30.0 Å². The first kappa shape index (κ1) is 15.8. The van der Waals surface area contributed by atoms with Gasteiger partial charge >= 0.3 is 5.97 Å². The Hall–Kier alpha value is -1.54. The first-order valence-electron chi connectivity index (χ1n) is 6.30. The summed E-state index contributed by atoms with van der Waals surface area (Å²) in [5, 5.41) is 13.3. The summed E-state index contributed by atoms with van der Waals surface area (Å²) < 4.78 is 14.9. The Morgan fingerprint density at radius 1 is 1.48 bits per heavy atom. The summed E-state index contributed by atoms with van der Waals surface area (Å²) >= 11 is 3.27. The maximum Gasteiger partial charge on any atom is 0.336 e. The van der Waals surface area contributed by atoms with Crippen LogP contribution in [-0.2, 0) is 23.1 Å². The topological polar surface area (TPSA) is 85.1 Å². The Balaban J connectivity index is 2.30. The number of nitrogens with zero attached hydrogens (tertiary/aromatic N) is 3. The molecule has 1 heterocycles. The number of aromatic carboxylic acids is 1. The average molecular weight is 372 g/mol. The summed E-state index contributed by atoms with van der Waals surface area (Å²) in [4.78, 5) is 15.6. The van der Waals surface area contributed by atoms with Crippen molar-refractivity contribution in [2.75, 3.05) is 0 Å². The van der Waals surface area contributed by atoms with Gasteiger partial charge in [-0.25, -0.2) is 14.5 Å². The molecule has 0 saturated heterocycles. The van der Waals surface area contributed by atoms with Crippen molar-refractivity contribution in [3.8, 4) is 0 Å². The first-order valence-corrected chi connectivity index (χ1v) is 8.42. The molecule has 0 bridgehead atoms. The van der Waals surface area contributed by atoms with Crippen LogP contribution in [0.3, 0.4) is 0 Å². The zero-order chi connectivity index (χ0) is 15.4. The van der Waals surface area contributed by atoms with E-state index in [4.69, 9.17) is 0 Å². The van der Waals surface area contributed by atoms with Crippen molar-refractivity contribution in [2.45, 2.75) is 30.5 Å². The molecular weight excluding hydrogens is 358 g/mol. The maximum atomic E-state index is 12.5. The van der Waals surface area contributed by atoms with Gasteiger partial charge in [-0.2, -0.15) is 5.10 Å². The van der Waals surface area contributed by atoms with E-state index in [1.165, 1.54) is 12.4 Å². The zero-order valence-corrected chi connectivity index (χ0v) is 13.7. The molecule has 112 valence electrons. The first-order chi connectivity index (χ1) is 10.0. The van der Waals surface area contributed by atoms with E-state index in [0.29, 0.717) is 16.8 Å². The maximum absolute atomic E-state index is 12.5. The summed E-state index contributed by atoms with van der Waals surface area (Å²) in [6, 6.07) is 4.63. The average Bonchev–Trinajstić information content (AvgIpc) is 2.86. The molecule has 0 radical (unpaired) electrons. The van der Waals surface area contributed by atoms with Crippen molar-refractivity contribution in [3.05, 3.63) is 40.4 Å². The molecule has 0 aliphatic carbocycles. The Bertz CT molecular complexity index is 687. The molecule has 0 fully saturated rings. The van der Waals surface area contributed by atoms with Crippen LogP contribution in [0, 0.1) is 0 Å². The monoisotopic (exact) mass is 371 g/mol. The number of rotatable bonds is 6. The highest BCUT2D eigenvalue weighted by molar-refractivity contribution is 9.10. The summed E-state index contributed by atoms with van der Waals surface area (Å²) in [6.45, 7) is 2.70. The number of carboxylic acids is 1. The standard InChI is InChI=1S/C13H14BrN3O3S/c1-2-5-17-12(15-8-16-17)7-21(20)11-6-9(14)3-4-10(11)13(18)19/h3-4,6,8H,2,5,7H2,1H3,(H,18,19). The normalized spacial score (nSPS) is 12.3. The minimum absolute atomic E-state index is 0.0399. The van der Waals surface area contributed by atoms with Crippen LogP contribution >= 0.6 is 15.9 Å². The van der Waals surface area contributed by atoms with Crippen LogP contribution in [0.1, 0.15) is 29.5 Å². The van der Waals surface area contributed by atoms with Gasteiger partial charge in [0.1, 0.15) is 12.2 Å². The van der Waals surface area contributed by atoms with Crippen molar-refractivity contribution >= 4 is 32.7 Å². The van der Waals surface area contributed by atoms with Gasteiger partial charge in [-0.3, -0.25) is 4.21 Å². The van der Waals surface area contributed by atoms with Gasteiger partial charge < -0.3 is 5.11 Å².